The lowest BCUT2D eigenvalue weighted by molar-refractivity contribution is -0.384. The van der Waals surface area contributed by atoms with E-state index in [1.807, 2.05) is 31.2 Å². The Morgan fingerprint density at radius 2 is 1.97 bits per heavy atom. The second kappa shape index (κ2) is 9.81. The van der Waals surface area contributed by atoms with E-state index in [2.05, 4.69) is 10.3 Å². The number of esters is 1. The summed E-state index contributed by atoms with van der Waals surface area (Å²) in [5.41, 5.74) is 1.26. The van der Waals surface area contributed by atoms with E-state index in [0.29, 0.717) is 10.8 Å². The molecule has 0 aliphatic carbocycles. The first kappa shape index (κ1) is 21.9. The molecule has 0 spiro atoms. The van der Waals surface area contributed by atoms with Crippen LogP contribution >= 0.6 is 11.3 Å². The maximum absolute atomic E-state index is 12.3. The number of anilines is 1. The summed E-state index contributed by atoms with van der Waals surface area (Å²) >= 11 is 1.24. The number of non-ortho nitro benzene ring substituents is 1. The van der Waals surface area contributed by atoms with Crippen LogP contribution in [0.3, 0.4) is 0 Å². The first-order valence-electron chi connectivity index (χ1n) is 9.22. The molecule has 3 aromatic rings. The normalized spacial score (nSPS) is 11.4. The number of carbonyl (C=O) groups excluding carboxylic acids is 2. The quantitative estimate of drug-likeness (QED) is 0.317. The molecule has 2 aromatic carbocycles. The van der Waals surface area contributed by atoms with Gasteiger partial charge in [0.25, 0.3) is 11.6 Å². The van der Waals surface area contributed by atoms with Crippen molar-refractivity contribution in [3.63, 3.8) is 0 Å². The molecule has 160 valence electrons. The fraction of sp³-hybridized carbons (Fsp3) is 0.190. The summed E-state index contributed by atoms with van der Waals surface area (Å²) in [6, 6.07) is 13.0. The molecule has 3 rings (SSSR count). The van der Waals surface area contributed by atoms with Crippen molar-refractivity contribution >= 4 is 34.6 Å². The van der Waals surface area contributed by atoms with Crippen LogP contribution in [0, 0.1) is 17.0 Å². The number of benzene rings is 2. The van der Waals surface area contributed by atoms with Crippen LogP contribution in [0.1, 0.15) is 28.0 Å². The number of ether oxygens (including phenoxy) is 2. The Morgan fingerprint density at radius 1 is 1.23 bits per heavy atom. The topological polar surface area (TPSA) is 121 Å². The zero-order valence-electron chi connectivity index (χ0n) is 16.7. The van der Waals surface area contributed by atoms with Crippen molar-refractivity contribution in [2.75, 3.05) is 5.32 Å². The fourth-order valence-corrected chi connectivity index (χ4v) is 3.14. The third-order valence-electron chi connectivity index (χ3n) is 4.12. The lowest BCUT2D eigenvalue weighted by atomic mass is 10.2. The molecule has 0 aliphatic heterocycles. The number of rotatable bonds is 8. The Kier molecular flexibility index (Phi) is 6.93. The molecule has 0 radical (unpaired) electrons. The van der Waals surface area contributed by atoms with Crippen molar-refractivity contribution in [3.8, 4) is 5.75 Å². The summed E-state index contributed by atoms with van der Waals surface area (Å²) in [4.78, 5) is 39.0. The van der Waals surface area contributed by atoms with Gasteiger partial charge in [-0.1, -0.05) is 23.8 Å². The molecule has 1 N–H and O–H groups in total. The fourth-order valence-electron chi connectivity index (χ4n) is 2.47. The van der Waals surface area contributed by atoms with Gasteiger partial charge in [0.2, 0.25) is 0 Å². The molecule has 9 nitrogen and oxygen atoms in total. The molecule has 0 aliphatic rings. The first-order chi connectivity index (χ1) is 14.8. The maximum Gasteiger partial charge on any atom is 0.358 e. The molecule has 1 unspecified atom stereocenters. The van der Waals surface area contributed by atoms with Crippen LogP contribution in [0.5, 0.6) is 5.75 Å². The number of hydrogen-bond donors (Lipinski definition) is 1. The Morgan fingerprint density at radius 3 is 2.68 bits per heavy atom. The van der Waals surface area contributed by atoms with E-state index in [0.717, 1.165) is 5.56 Å². The average Bonchev–Trinajstić information content (AvgIpc) is 3.22. The van der Waals surface area contributed by atoms with E-state index < -0.39 is 22.9 Å². The number of nitro groups is 1. The van der Waals surface area contributed by atoms with Crippen LogP contribution in [0.15, 0.2) is 53.9 Å². The third-order valence-corrected chi connectivity index (χ3v) is 4.94. The molecule has 0 saturated carbocycles. The van der Waals surface area contributed by atoms with Crippen molar-refractivity contribution in [1.29, 1.82) is 0 Å². The molecule has 1 atom stereocenters. The third kappa shape index (κ3) is 6.09. The Bertz CT molecular complexity index is 1100. The van der Waals surface area contributed by atoms with Gasteiger partial charge in [0.15, 0.2) is 11.8 Å². The van der Waals surface area contributed by atoms with Crippen LogP contribution in [-0.2, 0) is 16.1 Å². The minimum atomic E-state index is -1.12. The summed E-state index contributed by atoms with van der Waals surface area (Å²) in [5.74, 6) is -0.678. The van der Waals surface area contributed by atoms with Crippen LogP contribution in [0.2, 0.25) is 0 Å². The van der Waals surface area contributed by atoms with Gasteiger partial charge >= 0.3 is 5.97 Å². The van der Waals surface area contributed by atoms with E-state index >= 15 is 0 Å². The standard InChI is InChI=1S/C21H19N3O6S/c1-13-6-8-17(9-7-13)29-11-19-23-18(12-31-19)21(26)30-14(2)20(25)22-15-4-3-5-16(10-15)24(27)28/h3-10,12,14H,11H2,1-2H3,(H,22,25). The number of nitrogens with zero attached hydrogens (tertiary/aromatic N) is 2. The summed E-state index contributed by atoms with van der Waals surface area (Å²) in [6.07, 6.45) is -1.12. The van der Waals surface area contributed by atoms with Crippen molar-refractivity contribution in [2.24, 2.45) is 0 Å². The van der Waals surface area contributed by atoms with Gasteiger partial charge < -0.3 is 14.8 Å². The molecular formula is C21H19N3O6S. The Hall–Kier alpha value is -3.79. The summed E-state index contributed by atoms with van der Waals surface area (Å²) in [6.45, 7) is 3.58. The van der Waals surface area contributed by atoms with Crippen LogP contribution in [0.25, 0.3) is 0 Å². The highest BCUT2D eigenvalue weighted by Gasteiger charge is 2.21. The van der Waals surface area contributed by atoms with Gasteiger partial charge in [0.1, 0.15) is 17.4 Å². The van der Waals surface area contributed by atoms with E-state index in [9.17, 15) is 19.7 Å². The number of nitro benzene ring substituents is 1. The predicted octanol–water partition coefficient (Wildman–Crippen LogP) is 4.12. The van der Waals surface area contributed by atoms with E-state index in [1.54, 1.807) is 0 Å². The van der Waals surface area contributed by atoms with Crippen LogP contribution in [0.4, 0.5) is 11.4 Å². The minimum Gasteiger partial charge on any atom is -0.486 e. The van der Waals surface area contributed by atoms with Gasteiger partial charge in [-0.05, 0) is 32.0 Å². The van der Waals surface area contributed by atoms with Gasteiger partial charge in [-0.25, -0.2) is 9.78 Å². The molecule has 0 fully saturated rings. The van der Waals surface area contributed by atoms with Crippen molar-refractivity contribution < 1.29 is 24.0 Å². The summed E-state index contributed by atoms with van der Waals surface area (Å²) in [5, 5.41) is 15.4. The van der Waals surface area contributed by atoms with Crippen molar-refractivity contribution in [3.05, 3.63) is 80.3 Å². The van der Waals surface area contributed by atoms with E-state index in [1.165, 1.54) is 47.9 Å². The molecule has 31 heavy (non-hydrogen) atoms. The lowest BCUT2D eigenvalue weighted by Crippen LogP contribution is -2.30. The number of amides is 1. The van der Waals surface area contributed by atoms with Gasteiger partial charge in [-0.3, -0.25) is 14.9 Å². The highest BCUT2D eigenvalue weighted by atomic mass is 32.1. The molecule has 1 heterocycles. The van der Waals surface area contributed by atoms with Crippen molar-refractivity contribution in [2.45, 2.75) is 26.6 Å². The Balaban J connectivity index is 1.53. The van der Waals surface area contributed by atoms with Gasteiger partial charge in [0, 0.05) is 23.2 Å². The second-order valence-electron chi connectivity index (χ2n) is 6.57. The van der Waals surface area contributed by atoms with Crippen molar-refractivity contribution in [1.82, 2.24) is 4.98 Å². The number of aromatic nitrogens is 1. The maximum atomic E-state index is 12.3. The molecule has 0 bridgehead atoms. The number of thiazole rings is 1. The smallest absolute Gasteiger partial charge is 0.358 e. The summed E-state index contributed by atoms with van der Waals surface area (Å²) < 4.78 is 10.8. The minimum absolute atomic E-state index is 0.0718. The number of carbonyl (C=O) groups is 2. The number of aryl methyl sites for hydroxylation is 1. The molecule has 1 aromatic heterocycles. The van der Waals surface area contributed by atoms with Crippen LogP contribution in [-0.4, -0.2) is 27.9 Å². The number of hydrogen-bond acceptors (Lipinski definition) is 8. The SMILES string of the molecule is Cc1ccc(OCc2nc(C(=O)OC(C)C(=O)Nc3cccc([N+](=O)[O-])c3)cs2)cc1. The van der Waals surface area contributed by atoms with Gasteiger partial charge in [-0.15, -0.1) is 11.3 Å². The van der Waals surface area contributed by atoms with Gasteiger partial charge in [0.05, 0.1) is 4.92 Å². The largest absolute Gasteiger partial charge is 0.486 e. The zero-order chi connectivity index (χ0) is 22.4. The summed E-state index contributed by atoms with van der Waals surface area (Å²) in [7, 11) is 0. The van der Waals surface area contributed by atoms with E-state index in [4.69, 9.17) is 9.47 Å². The van der Waals surface area contributed by atoms with Crippen LogP contribution < -0.4 is 10.1 Å². The molecule has 10 heteroatoms. The zero-order valence-corrected chi connectivity index (χ0v) is 17.5. The van der Waals surface area contributed by atoms with E-state index in [-0.39, 0.29) is 23.7 Å². The molecule has 1 amide bonds. The average molecular weight is 441 g/mol. The Labute approximate surface area is 181 Å². The predicted molar refractivity (Wildman–Crippen MR) is 114 cm³/mol. The lowest BCUT2D eigenvalue weighted by Gasteiger charge is -2.12. The molecular weight excluding hydrogens is 422 g/mol. The monoisotopic (exact) mass is 441 g/mol. The van der Waals surface area contributed by atoms with Gasteiger partial charge in [-0.2, -0.15) is 0 Å². The second-order valence-corrected chi connectivity index (χ2v) is 7.52. The highest BCUT2D eigenvalue weighted by molar-refractivity contribution is 7.09. The first-order valence-corrected chi connectivity index (χ1v) is 10.1. The number of nitrogens with one attached hydrogen (secondary N) is 1. The molecule has 0 saturated heterocycles. The highest BCUT2D eigenvalue weighted by Crippen LogP contribution is 2.19.